The lowest BCUT2D eigenvalue weighted by Crippen LogP contribution is -2.34. The van der Waals surface area contributed by atoms with Gasteiger partial charge in [-0.25, -0.2) is 4.98 Å². The number of benzene rings is 2. The fourth-order valence-electron chi connectivity index (χ4n) is 2.87. The maximum Gasteiger partial charge on any atom is 0.280 e. The standard InChI is InChI=1S/C21H14N4O4S/c26-19(11-10-14-5-3-6-15(13-14)25(28)29)23-24-20(18-9-4-12-30-18)22-17-8-2-1-7-16(17)21(24)27/h1-13H,(H,23,26). The van der Waals surface area contributed by atoms with Gasteiger partial charge in [0, 0.05) is 18.2 Å². The molecular weight excluding hydrogens is 404 g/mol. The number of nitrogens with one attached hydrogen (secondary N) is 1. The first kappa shape index (κ1) is 19.2. The molecule has 1 amide bonds. The van der Waals surface area contributed by atoms with Crippen molar-refractivity contribution in [2.24, 2.45) is 0 Å². The smallest absolute Gasteiger partial charge is 0.268 e. The van der Waals surface area contributed by atoms with E-state index in [4.69, 9.17) is 0 Å². The number of hydrogen-bond acceptors (Lipinski definition) is 6. The Labute approximate surface area is 173 Å². The minimum absolute atomic E-state index is 0.0764. The van der Waals surface area contributed by atoms with E-state index in [2.05, 4.69) is 10.4 Å². The van der Waals surface area contributed by atoms with Crippen LogP contribution in [-0.4, -0.2) is 20.5 Å². The second-order valence-electron chi connectivity index (χ2n) is 6.23. The van der Waals surface area contributed by atoms with Crippen LogP contribution in [0.5, 0.6) is 0 Å². The lowest BCUT2D eigenvalue weighted by Gasteiger charge is -2.12. The summed E-state index contributed by atoms with van der Waals surface area (Å²) in [6.45, 7) is 0. The number of thiophene rings is 1. The van der Waals surface area contributed by atoms with Crippen molar-refractivity contribution < 1.29 is 9.72 Å². The highest BCUT2D eigenvalue weighted by molar-refractivity contribution is 7.13. The Morgan fingerprint density at radius 2 is 1.97 bits per heavy atom. The van der Waals surface area contributed by atoms with E-state index in [9.17, 15) is 19.7 Å². The van der Waals surface area contributed by atoms with Gasteiger partial charge in [-0.05, 0) is 35.2 Å². The van der Waals surface area contributed by atoms with Crippen molar-refractivity contribution >= 4 is 39.9 Å². The van der Waals surface area contributed by atoms with E-state index in [1.165, 1.54) is 41.7 Å². The van der Waals surface area contributed by atoms with Gasteiger partial charge >= 0.3 is 0 Å². The number of nitrogens with zero attached hydrogens (tertiary/aromatic N) is 3. The Hall–Kier alpha value is -4.11. The highest BCUT2D eigenvalue weighted by atomic mass is 32.1. The van der Waals surface area contributed by atoms with Crippen molar-refractivity contribution in [2.75, 3.05) is 5.43 Å². The molecule has 0 aliphatic carbocycles. The molecule has 30 heavy (non-hydrogen) atoms. The molecule has 0 radical (unpaired) electrons. The second kappa shape index (κ2) is 8.10. The maximum atomic E-state index is 13.0. The van der Waals surface area contributed by atoms with Crippen LogP contribution in [0.4, 0.5) is 5.69 Å². The topological polar surface area (TPSA) is 107 Å². The molecule has 0 aliphatic heterocycles. The van der Waals surface area contributed by atoms with Crippen molar-refractivity contribution in [1.82, 2.24) is 9.66 Å². The molecule has 2 aromatic carbocycles. The number of non-ortho nitro benzene ring substituents is 1. The molecule has 0 atom stereocenters. The zero-order valence-corrected chi connectivity index (χ0v) is 16.2. The average molecular weight is 418 g/mol. The fraction of sp³-hybridized carbons (Fsp3) is 0. The molecule has 148 valence electrons. The summed E-state index contributed by atoms with van der Waals surface area (Å²) < 4.78 is 1.12. The lowest BCUT2D eigenvalue weighted by atomic mass is 10.2. The summed E-state index contributed by atoms with van der Waals surface area (Å²) in [7, 11) is 0. The predicted molar refractivity (Wildman–Crippen MR) is 116 cm³/mol. The van der Waals surface area contributed by atoms with E-state index in [0.717, 1.165) is 9.55 Å². The first-order valence-corrected chi connectivity index (χ1v) is 9.70. The van der Waals surface area contributed by atoms with E-state index < -0.39 is 16.4 Å². The van der Waals surface area contributed by atoms with Crippen molar-refractivity contribution in [2.45, 2.75) is 0 Å². The van der Waals surface area contributed by atoms with E-state index in [1.807, 2.05) is 17.5 Å². The number of amides is 1. The van der Waals surface area contributed by atoms with Gasteiger partial charge in [-0.2, -0.15) is 4.68 Å². The molecular formula is C21H14N4O4S. The molecule has 1 N–H and O–H groups in total. The molecule has 0 bridgehead atoms. The summed E-state index contributed by atoms with van der Waals surface area (Å²) in [4.78, 5) is 41.1. The van der Waals surface area contributed by atoms with Crippen LogP contribution < -0.4 is 11.0 Å². The van der Waals surface area contributed by atoms with Crippen LogP contribution in [0.2, 0.25) is 0 Å². The largest absolute Gasteiger partial charge is 0.280 e. The molecule has 0 aliphatic rings. The number of carbonyl (C=O) groups is 1. The molecule has 0 fully saturated rings. The van der Waals surface area contributed by atoms with E-state index in [-0.39, 0.29) is 5.69 Å². The number of rotatable bonds is 5. The molecule has 2 aromatic heterocycles. The Balaban J connectivity index is 1.69. The van der Waals surface area contributed by atoms with Crippen molar-refractivity contribution in [1.29, 1.82) is 0 Å². The van der Waals surface area contributed by atoms with Crippen LogP contribution in [0.15, 0.2) is 76.9 Å². The molecule has 4 rings (SSSR count). The minimum atomic E-state index is -0.571. The number of hydrogen-bond donors (Lipinski definition) is 1. The Morgan fingerprint density at radius 1 is 1.13 bits per heavy atom. The highest BCUT2D eigenvalue weighted by Crippen LogP contribution is 2.23. The van der Waals surface area contributed by atoms with Gasteiger partial charge in [0.05, 0.1) is 20.7 Å². The van der Waals surface area contributed by atoms with E-state index >= 15 is 0 Å². The third kappa shape index (κ3) is 3.87. The minimum Gasteiger partial charge on any atom is -0.268 e. The van der Waals surface area contributed by atoms with Crippen molar-refractivity contribution in [3.63, 3.8) is 0 Å². The van der Waals surface area contributed by atoms with Crippen LogP contribution in [-0.2, 0) is 4.79 Å². The summed E-state index contributed by atoms with van der Waals surface area (Å²) >= 11 is 1.39. The molecule has 8 nitrogen and oxygen atoms in total. The van der Waals surface area contributed by atoms with Gasteiger partial charge in [0.1, 0.15) is 0 Å². The van der Waals surface area contributed by atoms with Crippen LogP contribution in [0.25, 0.3) is 27.7 Å². The molecule has 0 saturated carbocycles. The number of nitro benzene ring substituents is 1. The number of nitro groups is 1. The van der Waals surface area contributed by atoms with Gasteiger partial charge < -0.3 is 0 Å². The molecule has 0 saturated heterocycles. The van der Waals surface area contributed by atoms with Crippen LogP contribution >= 0.6 is 11.3 Å². The molecule has 0 spiro atoms. The molecule has 9 heteroatoms. The summed E-state index contributed by atoms with van der Waals surface area (Å²) in [5.74, 6) is -0.246. The molecule has 4 aromatic rings. The van der Waals surface area contributed by atoms with Gasteiger partial charge in [0.15, 0.2) is 5.82 Å². The molecule has 0 unspecified atom stereocenters. The van der Waals surface area contributed by atoms with Crippen LogP contribution in [0.1, 0.15) is 5.56 Å². The number of fused-ring (bicyclic) bond motifs is 1. The normalized spacial score (nSPS) is 11.1. The third-order valence-corrected chi connectivity index (χ3v) is 5.11. The summed E-state index contributed by atoms with van der Waals surface area (Å²) in [5.41, 5.74) is 3.10. The summed E-state index contributed by atoms with van der Waals surface area (Å²) in [5, 5.41) is 13.1. The van der Waals surface area contributed by atoms with Gasteiger partial charge in [0.25, 0.3) is 17.2 Å². The fourth-order valence-corrected chi connectivity index (χ4v) is 3.57. The Bertz CT molecular complexity index is 1340. The summed E-state index contributed by atoms with van der Waals surface area (Å²) in [6.07, 6.45) is 2.64. The van der Waals surface area contributed by atoms with Crippen molar-refractivity contribution in [3.05, 3.63) is 98.2 Å². The first-order chi connectivity index (χ1) is 14.5. The highest BCUT2D eigenvalue weighted by Gasteiger charge is 2.15. The Kier molecular flexibility index (Phi) is 5.19. The third-order valence-electron chi connectivity index (χ3n) is 4.25. The number of para-hydroxylation sites is 1. The SMILES string of the molecule is O=C(C=Cc1cccc([N+](=O)[O-])c1)Nn1c(-c2cccs2)nc2ccccc2c1=O. The monoisotopic (exact) mass is 418 g/mol. The zero-order chi connectivity index (χ0) is 21.1. The zero-order valence-electron chi connectivity index (χ0n) is 15.4. The average Bonchev–Trinajstić information content (AvgIpc) is 3.29. The van der Waals surface area contributed by atoms with Gasteiger partial charge in [-0.3, -0.25) is 25.1 Å². The second-order valence-corrected chi connectivity index (χ2v) is 7.18. The van der Waals surface area contributed by atoms with E-state index in [1.54, 1.807) is 30.3 Å². The van der Waals surface area contributed by atoms with Crippen LogP contribution in [0.3, 0.4) is 0 Å². The predicted octanol–water partition coefficient (Wildman–Crippen LogP) is 3.82. The van der Waals surface area contributed by atoms with Crippen LogP contribution in [0, 0.1) is 10.1 Å². The Morgan fingerprint density at radius 3 is 2.73 bits per heavy atom. The van der Waals surface area contributed by atoms with E-state index in [0.29, 0.717) is 22.3 Å². The maximum absolute atomic E-state index is 13.0. The van der Waals surface area contributed by atoms with Gasteiger partial charge in [0.2, 0.25) is 0 Å². The molecule has 2 heterocycles. The van der Waals surface area contributed by atoms with Gasteiger partial charge in [-0.15, -0.1) is 11.3 Å². The number of aromatic nitrogens is 2. The quantitative estimate of drug-likeness (QED) is 0.301. The van der Waals surface area contributed by atoms with Gasteiger partial charge in [-0.1, -0.05) is 30.3 Å². The van der Waals surface area contributed by atoms with Crippen molar-refractivity contribution in [3.8, 4) is 10.7 Å². The summed E-state index contributed by atoms with van der Waals surface area (Å²) in [6, 6.07) is 16.4. The first-order valence-electron chi connectivity index (χ1n) is 8.82. The lowest BCUT2D eigenvalue weighted by molar-refractivity contribution is -0.384. The number of carbonyl (C=O) groups excluding carboxylic acids is 1.